The first-order chi connectivity index (χ1) is 7.65. The Kier molecular flexibility index (Phi) is 2.93. The summed E-state index contributed by atoms with van der Waals surface area (Å²) in [6, 6.07) is -0.324. The molecule has 0 bridgehead atoms. The first-order valence-electron chi connectivity index (χ1n) is 5.25. The van der Waals surface area contributed by atoms with Gasteiger partial charge in [0.05, 0.1) is 31.1 Å². The van der Waals surface area contributed by atoms with E-state index in [0.717, 1.165) is 5.69 Å². The average molecular weight is 224 g/mol. The fraction of sp³-hybridized carbons (Fsp3) is 0.600. The smallest absolute Gasteiger partial charge is 0.246 e. The summed E-state index contributed by atoms with van der Waals surface area (Å²) in [5.41, 5.74) is 6.44. The SMILES string of the molecule is COCCn1cc(N2C(=O)[C@H](N)[C@H]2C)cn1. The molecule has 0 radical (unpaired) electrons. The first kappa shape index (κ1) is 11.1. The molecular formula is C10H16N4O2. The molecular weight excluding hydrogens is 208 g/mol. The van der Waals surface area contributed by atoms with Gasteiger partial charge in [0.2, 0.25) is 5.91 Å². The van der Waals surface area contributed by atoms with Crippen LogP contribution in [0.25, 0.3) is 0 Å². The molecule has 1 aromatic heterocycles. The third-order valence-corrected chi connectivity index (χ3v) is 2.87. The first-order valence-corrected chi connectivity index (χ1v) is 5.25. The summed E-state index contributed by atoms with van der Waals surface area (Å²) in [5.74, 6) is -0.0428. The van der Waals surface area contributed by atoms with Gasteiger partial charge in [0.25, 0.3) is 0 Å². The molecule has 6 nitrogen and oxygen atoms in total. The third kappa shape index (κ3) is 1.70. The molecule has 16 heavy (non-hydrogen) atoms. The molecule has 2 atom stereocenters. The van der Waals surface area contributed by atoms with Crippen LogP contribution >= 0.6 is 0 Å². The number of nitrogens with two attached hydrogens (primary N) is 1. The van der Waals surface area contributed by atoms with Crippen molar-refractivity contribution in [2.75, 3.05) is 18.6 Å². The number of rotatable bonds is 4. The zero-order valence-electron chi connectivity index (χ0n) is 9.46. The lowest BCUT2D eigenvalue weighted by Crippen LogP contribution is -2.67. The highest BCUT2D eigenvalue weighted by molar-refractivity contribution is 6.05. The van der Waals surface area contributed by atoms with Crippen LogP contribution in [0.1, 0.15) is 6.92 Å². The van der Waals surface area contributed by atoms with Gasteiger partial charge in [0.15, 0.2) is 0 Å². The predicted molar refractivity (Wildman–Crippen MR) is 59.0 cm³/mol. The molecule has 88 valence electrons. The molecule has 0 spiro atoms. The number of carbonyl (C=O) groups excluding carboxylic acids is 1. The van der Waals surface area contributed by atoms with Crippen LogP contribution < -0.4 is 10.6 Å². The predicted octanol–water partition coefficient (Wildman–Crippen LogP) is -0.408. The second-order valence-corrected chi connectivity index (χ2v) is 3.93. The number of nitrogens with zero attached hydrogens (tertiary/aromatic N) is 3. The molecule has 2 rings (SSSR count). The van der Waals surface area contributed by atoms with E-state index in [4.69, 9.17) is 10.5 Å². The number of amides is 1. The lowest BCUT2D eigenvalue weighted by atomic mass is 9.97. The molecule has 6 heteroatoms. The summed E-state index contributed by atoms with van der Waals surface area (Å²) in [6.45, 7) is 3.21. The van der Waals surface area contributed by atoms with Crippen LogP contribution in [0.3, 0.4) is 0 Å². The van der Waals surface area contributed by atoms with Gasteiger partial charge in [0.1, 0.15) is 6.04 Å². The zero-order chi connectivity index (χ0) is 11.7. The highest BCUT2D eigenvalue weighted by Crippen LogP contribution is 2.26. The van der Waals surface area contributed by atoms with Gasteiger partial charge in [-0.3, -0.25) is 9.48 Å². The Bertz CT molecular complexity index is 390. The molecule has 0 saturated carbocycles. The van der Waals surface area contributed by atoms with E-state index < -0.39 is 0 Å². The van der Waals surface area contributed by atoms with Gasteiger partial charge in [-0.1, -0.05) is 0 Å². The van der Waals surface area contributed by atoms with Gasteiger partial charge in [-0.05, 0) is 6.92 Å². The summed E-state index contributed by atoms with van der Waals surface area (Å²) in [5, 5.41) is 4.15. The summed E-state index contributed by atoms with van der Waals surface area (Å²) in [6.07, 6.45) is 3.51. The summed E-state index contributed by atoms with van der Waals surface area (Å²) >= 11 is 0. The molecule has 0 aliphatic carbocycles. The van der Waals surface area contributed by atoms with Gasteiger partial charge in [-0.25, -0.2) is 0 Å². The summed E-state index contributed by atoms with van der Waals surface area (Å²) in [7, 11) is 1.64. The maximum atomic E-state index is 11.5. The third-order valence-electron chi connectivity index (χ3n) is 2.87. The zero-order valence-corrected chi connectivity index (χ0v) is 9.46. The van der Waals surface area contributed by atoms with Crippen molar-refractivity contribution in [3.8, 4) is 0 Å². The van der Waals surface area contributed by atoms with E-state index in [1.165, 1.54) is 0 Å². The van der Waals surface area contributed by atoms with Crippen molar-refractivity contribution in [2.45, 2.75) is 25.6 Å². The molecule has 2 heterocycles. The van der Waals surface area contributed by atoms with Crippen molar-refractivity contribution < 1.29 is 9.53 Å². The maximum absolute atomic E-state index is 11.5. The van der Waals surface area contributed by atoms with E-state index in [0.29, 0.717) is 13.2 Å². The topological polar surface area (TPSA) is 73.4 Å². The van der Waals surface area contributed by atoms with E-state index in [9.17, 15) is 4.79 Å². The molecule has 1 fully saturated rings. The van der Waals surface area contributed by atoms with Crippen molar-refractivity contribution in [1.29, 1.82) is 0 Å². The van der Waals surface area contributed by atoms with E-state index in [1.807, 2.05) is 13.1 Å². The number of ether oxygens (including phenoxy) is 1. The van der Waals surface area contributed by atoms with Crippen LogP contribution in [0.5, 0.6) is 0 Å². The van der Waals surface area contributed by atoms with Crippen LogP contribution in [0.15, 0.2) is 12.4 Å². The Morgan fingerprint density at radius 1 is 1.62 bits per heavy atom. The van der Waals surface area contributed by atoms with Crippen molar-refractivity contribution in [1.82, 2.24) is 9.78 Å². The molecule has 1 aliphatic heterocycles. The molecule has 1 aromatic rings. The molecule has 1 amide bonds. The van der Waals surface area contributed by atoms with Gasteiger partial charge in [0, 0.05) is 13.3 Å². The van der Waals surface area contributed by atoms with Crippen LogP contribution in [0, 0.1) is 0 Å². The van der Waals surface area contributed by atoms with E-state index >= 15 is 0 Å². The Balaban J connectivity index is 2.05. The Hall–Kier alpha value is -1.40. The highest BCUT2D eigenvalue weighted by Gasteiger charge is 2.43. The molecule has 1 aliphatic rings. The number of hydrogen-bond acceptors (Lipinski definition) is 4. The van der Waals surface area contributed by atoms with E-state index in [2.05, 4.69) is 5.10 Å². The van der Waals surface area contributed by atoms with Gasteiger partial charge in [-0.2, -0.15) is 5.10 Å². The average Bonchev–Trinajstić information content (AvgIpc) is 2.74. The number of aromatic nitrogens is 2. The van der Waals surface area contributed by atoms with Crippen molar-refractivity contribution in [2.24, 2.45) is 5.73 Å². The second-order valence-electron chi connectivity index (χ2n) is 3.93. The number of carbonyl (C=O) groups is 1. The Morgan fingerprint density at radius 3 is 3.00 bits per heavy atom. The fourth-order valence-electron chi connectivity index (χ4n) is 1.79. The Morgan fingerprint density at radius 2 is 2.38 bits per heavy atom. The quantitative estimate of drug-likeness (QED) is 0.706. The van der Waals surface area contributed by atoms with E-state index in [-0.39, 0.29) is 18.0 Å². The standard InChI is InChI=1S/C10H16N4O2/c1-7-9(11)10(15)14(7)8-5-12-13(6-8)3-4-16-2/h5-7,9H,3-4,11H2,1-2H3/t7-,9-/m1/s1. The summed E-state index contributed by atoms with van der Waals surface area (Å²) < 4.78 is 6.71. The number of β-lactam (4-membered cyclic amide) rings is 1. The van der Waals surface area contributed by atoms with Crippen molar-refractivity contribution in [3.63, 3.8) is 0 Å². The Labute approximate surface area is 94.0 Å². The molecule has 2 N–H and O–H groups in total. The second kappa shape index (κ2) is 4.23. The van der Waals surface area contributed by atoms with Crippen LogP contribution in [0.2, 0.25) is 0 Å². The maximum Gasteiger partial charge on any atom is 0.246 e. The lowest BCUT2D eigenvalue weighted by molar-refractivity contribution is -0.125. The van der Waals surface area contributed by atoms with E-state index in [1.54, 1.807) is 22.9 Å². The number of methoxy groups -OCH3 is 1. The monoisotopic (exact) mass is 224 g/mol. The normalized spacial score (nSPS) is 24.7. The lowest BCUT2D eigenvalue weighted by Gasteiger charge is -2.42. The number of anilines is 1. The van der Waals surface area contributed by atoms with Crippen molar-refractivity contribution in [3.05, 3.63) is 12.4 Å². The number of hydrogen-bond donors (Lipinski definition) is 1. The minimum absolute atomic E-state index is 0.0428. The largest absolute Gasteiger partial charge is 0.383 e. The molecule has 0 unspecified atom stereocenters. The molecule has 1 saturated heterocycles. The van der Waals surface area contributed by atoms with Crippen LogP contribution in [-0.2, 0) is 16.1 Å². The van der Waals surface area contributed by atoms with Crippen LogP contribution in [-0.4, -0.2) is 41.5 Å². The minimum Gasteiger partial charge on any atom is -0.383 e. The highest BCUT2D eigenvalue weighted by atomic mass is 16.5. The molecule has 0 aromatic carbocycles. The minimum atomic E-state index is -0.373. The van der Waals surface area contributed by atoms with Gasteiger partial charge < -0.3 is 15.4 Å². The van der Waals surface area contributed by atoms with Crippen molar-refractivity contribution >= 4 is 11.6 Å². The summed E-state index contributed by atoms with van der Waals surface area (Å²) in [4.78, 5) is 13.2. The van der Waals surface area contributed by atoms with Gasteiger partial charge >= 0.3 is 0 Å². The fourth-order valence-corrected chi connectivity index (χ4v) is 1.79. The van der Waals surface area contributed by atoms with Crippen LogP contribution in [0.4, 0.5) is 5.69 Å². The van der Waals surface area contributed by atoms with Gasteiger partial charge in [-0.15, -0.1) is 0 Å².